The molecule has 0 atom stereocenters. The zero-order valence-electron chi connectivity index (χ0n) is 11.9. The number of rotatable bonds is 5. The van der Waals surface area contributed by atoms with E-state index >= 15 is 0 Å². The first-order valence-electron chi connectivity index (χ1n) is 6.78. The van der Waals surface area contributed by atoms with E-state index in [1.807, 2.05) is 13.0 Å². The molecule has 2 rings (SSSR count). The van der Waals surface area contributed by atoms with Crippen LogP contribution in [0.1, 0.15) is 34.2 Å². The zero-order chi connectivity index (χ0) is 14.5. The van der Waals surface area contributed by atoms with Gasteiger partial charge in [0.2, 0.25) is 0 Å². The molecule has 0 aliphatic rings. The number of anilines is 1. The predicted octanol–water partition coefficient (Wildman–Crippen LogP) is 1.84. The van der Waals surface area contributed by atoms with Gasteiger partial charge in [0.15, 0.2) is 5.69 Å². The number of nitrogens with one attached hydrogen (secondary N) is 2. The van der Waals surface area contributed by atoms with Crippen molar-refractivity contribution in [1.82, 2.24) is 15.5 Å². The van der Waals surface area contributed by atoms with Crippen LogP contribution in [-0.2, 0) is 12.8 Å². The summed E-state index contributed by atoms with van der Waals surface area (Å²) in [7, 11) is 0. The minimum atomic E-state index is -0.230. The summed E-state index contributed by atoms with van der Waals surface area (Å²) in [6, 6.07) is 8.24. The summed E-state index contributed by atoms with van der Waals surface area (Å²) in [6.07, 6.45) is 1.52. The first-order valence-corrected chi connectivity index (χ1v) is 6.78. The normalized spacial score (nSPS) is 10.5. The molecule has 0 saturated heterocycles. The lowest BCUT2D eigenvalue weighted by molar-refractivity contribution is 0.0950. The highest BCUT2D eigenvalue weighted by molar-refractivity contribution is 5.97. The number of aromatic amines is 1. The summed E-state index contributed by atoms with van der Waals surface area (Å²) >= 11 is 0. The zero-order valence-corrected chi connectivity index (χ0v) is 11.9. The Morgan fingerprint density at radius 3 is 2.90 bits per heavy atom. The number of nitrogens with zero attached hydrogens (tertiary/aromatic N) is 1. The van der Waals surface area contributed by atoms with Crippen molar-refractivity contribution in [3.8, 4) is 0 Å². The first kappa shape index (κ1) is 14.1. The molecule has 1 aromatic heterocycles. The van der Waals surface area contributed by atoms with Crippen LogP contribution in [0.2, 0.25) is 0 Å². The number of amides is 1. The van der Waals surface area contributed by atoms with Gasteiger partial charge in [-0.05, 0) is 25.3 Å². The monoisotopic (exact) mass is 272 g/mol. The highest BCUT2D eigenvalue weighted by atomic mass is 16.1. The molecule has 0 bridgehead atoms. The van der Waals surface area contributed by atoms with Crippen LogP contribution >= 0.6 is 0 Å². The minimum absolute atomic E-state index is 0.230. The van der Waals surface area contributed by atoms with Crippen LogP contribution in [-0.4, -0.2) is 22.6 Å². The SMILES string of the molecule is CCc1[nH]nc(C(=O)NCCc2cccc(C)c2)c1N. The molecular formula is C15H20N4O. The quantitative estimate of drug-likeness (QED) is 0.776. The highest BCUT2D eigenvalue weighted by Crippen LogP contribution is 2.14. The standard InChI is InChI=1S/C15H20N4O/c1-3-12-13(16)14(19-18-12)15(20)17-8-7-11-6-4-5-10(2)9-11/h4-6,9H,3,7-8,16H2,1-2H3,(H,17,20)(H,18,19). The van der Waals surface area contributed by atoms with Gasteiger partial charge in [-0.3, -0.25) is 9.89 Å². The third-order valence-corrected chi connectivity index (χ3v) is 3.23. The second kappa shape index (κ2) is 6.23. The number of benzene rings is 1. The molecule has 1 aromatic carbocycles. The van der Waals surface area contributed by atoms with Crippen molar-refractivity contribution in [2.45, 2.75) is 26.7 Å². The molecule has 0 spiro atoms. The molecule has 106 valence electrons. The van der Waals surface area contributed by atoms with E-state index in [1.165, 1.54) is 11.1 Å². The van der Waals surface area contributed by atoms with Gasteiger partial charge in [0.25, 0.3) is 5.91 Å². The van der Waals surface area contributed by atoms with E-state index in [4.69, 9.17) is 5.73 Å². The number of aromatic nitrogens is 2. The molecular weight excluding hydrogens is 252 g/mol. The minimum Gasteiger partial charge on any atom is -0.395 e. The first-order chi connectivity index (χ1) is 9.61. The van der Waals surface area contributed by atoms with Gasteiger partial charge in [-0.15, -0.1) is 0 Å². The molecule has 1 heterocycles. The van der Waals surface area contributed by atoms with Crippen molar-refractivity contribution >= 4 is 11.6 Å². The van der Waals surface area contributed by atoms with Gasteiger partial charge in [-0.25, -0.2) is 0 Å². The molecule has 4 N–H and O–H groups in total. The van der Waals surface area contributed by atoms with Crippen LogP contribution in [0, 0.1) is 6.92 Å². The van der Waals surface area contributed by atoms with Crippen molar-refractivity contribution in [3.63, 3.8) is 0 Å². The second-order valence-electron chi connectivity index (χ2n) is 4.81. The summed E-state index contributed by atoms with van der Waals surface area (Å²) in [5, 5.41) is 9.59. The Morgan fingerprint density at radius 2 is 2.25 bits per heavy atom. The molecule has 0 aliphatic carbocycles. The lowest BCUT2D eigenvalue weighted by Gasteiger charge is -2.05. The van der Waals surface area contributed by atoms with Crippen LogP contribution < -0.4 is 11.1 Å². The molecule has 5 heteroatoms. The fraction of sp³-hybridized carbons (Fsp3) is 0.333. The van der Waals surface area contributed by atoms with Crippen LogP contribution in [0.15, 0.2) is 24.3 Å². The average Bonchev–Trinajstić information content (AvgIpc) is 2.80. The lowest BCUT2D eigenvalue weighted by Crippen LogP contribution is -2.26. The summed E-state index contributed by atoms with van der Waals surface area (Å²) in [5.41, 5.74) is 9.81. The Morgan fingerprint density at radius 1 is 1.45 bits per heavy atom. The van der Waals surface area contributed by atoms with Crippen LogP contribution in [0.4, 0.5) is 5.69 Å². The smallest absolute Gasteiger partial charge is 0.273 e. The van der Waals surface area contributed by atoms with Gasteiger partial charge in [-0.1, -0.05) is 36.8 Å². The van der Waals surface area contributed by atoms with Gasteiger partial charge in [-0.2, -0.15) is 5.10 Å². The maximum atomic E-state index is 12.0. The van der Waals surface area contributed by atoms with Crippen LogP contribution in [0.3, 0.4) is 0 Å². The number of H-pyrrole nitrogens is 1. The highest BCUT2D eigenvalue weighted by Gasteiger charge is 2.15. The topological polar surface area (TPSA) is 83.8 Å². The van der Waals surface area contributed by atoms with Crippen LogP contribution in [0.5, 0.6) is 0 Å². The number of carbonyl (C=O) groups is 1. The van der Waals surface area contributed by atoms with Gasteiger partial charge < -0.3 is 11.1 Å². The molecule has 0 aliphatic heterocycles. The van der Waals surface area contributed by atoms with Crippen molar-refractivity contribution in [1.29, 1.82) is 0 Å². The number of hydrogen-bond donors (Lipinski definition) is 3. The van der Waals surface area contributed by atoms with Gasteiger partial charge in [0.05, 0.1) is 11.4 Å². The van der Waals surface area contributed by atoms with Crippen molar-refractivity contribution < 1.29 is 4.79 Å². The van der Waals surface area contributed by atoms with E-state index in [0.29, 0.717) is 12.2 Å². The number of carbonyl (C=O) groups excluding carboxylic acids is 1. The maximum Gasteiger partial charge on any atom is 0.273 e. The van der Waals surface area contributed by atoms with Crippen molar-refractivity contribution in [2.24, 2.45) is 0 Å². The van der Waals surface area contributed by atoms with Gasteiger partial charge >= 0.3 is 0 Å². The molecule has 0 radical (unpaired) electrons. The van der Waals surface area contributed by atoms with E-state index in [-0.39, 0.29) is 11.6 Å². The fourth-order valence-electron chi connectivity index (χ4n) is 2.10. The Bertz CT molecular complexity index is 604. The van der Waals surface area contributed by atoms with Crippen molar-refractivity contribution in [3.05, 3.63) is 46.8 Å². The van der Waals surface area contributed by atoms with Crippen molar-refractivity contribution in [2.75, 3.05) is 12.3 Å². The summed E-state index contributed by atoms with van der Waals surface area (Å²) < 4.78 is 0. The molecule has 0 fully saturated rings. The van der Waals surface area contributed by atoms with E-state index in [9.17, 15) is 4.79 Å². The molecule has 1 amide bonds. The molecule has 5 nitrogen and oxygen atoms in total. The van der Waals surface area contributed by atoms with E-state index in [0.717, 1.165) is 18.5 Å². The largest absolute Gasteiger partial charge is 0.395 e. The fourth-order valence-corrected chi connectivity index (χ4v) is 2.10. The molecule has 20 heavy (non-hydrogen) atoms. The third kappa shape index (κ3) is 3.17. The summed E-state index contributed by atoms with van der Waals surface area (Å²) in [6.45, 7) is 4.58. The van der Waals surface area contributed by atoms with Gasteiger partial charge in [0.1, 0.15) is 0 Å². The number of nitrogens with two attached hydrogens (primary N) is 1. The summed E-state index contributed by atoms with van der Waals surface area (Å²) in [4.78, 5) is 12.0. The van der Waals surface area contributed by atoms with Gasteiger partial charge in [0, 0.05) is 6.54 Å². The molecule has 0 saturated carbocycles. The number of hydrogen-bond acceptors (Lipinski definition) is 3. The second-order valence-corrected chi connectivity index (χ2v) is 4.81. The Balaban J connectivity index is 1.90. The summed E-state index contributed by atoms with van der Waals surface area (Å²) in [5.74, 6) is -0.230. The van der Waals surface area contributed by atoms with Crippen LogP contribution in [0.25, 0.3) is 0 Å². The van der Waals surface area contributed by atoms with E-state index in [2.05, 4.69) is 40.6 Å². The molecule has 2 aromatic rings. The number of aryl methyl sites for hydroxylation is 2. The number of nitrogen functional groups attached to an aromatic ring is 1. The Labute approximate surface area is 118 Å². The predicted molar refractivity (Wildman–Crippen MR) is 79.6 cm³/mol. The Kier molecular flexibility index (Phi) is 4.40. The van der Waals surface area contributed by atoms with E-state index < -0.39 is 0 Å². The lowest BCUT2D eigenvalue weighted by atomic mass is 10.1. The third-order valence-electron chi connectivity index (χ3n) is 3.23. The maximum absolute atomic E-state index is 12.0. The molecule has 0 unspecified atom stereocenters. The van der Waals surface area contributed by atoms with E-state index in [1.54, 1.807) is 0 Å². The Hall–Kier alpha value is -2.30. The average molecular weight is 272 g/mol.